The summed E-state index contributed by atoms with van der Waals surface area (Å²) in [6, 6.07) is 16.6. The van der Waals surface area contributed by atoms with Crippen LogP contribution in [-0.2, 0) is 21.5 Å². The van der Waals surface area contributed by atoms with Crippen molar-refractivity contribution in [3.63, 3.8) is 0 Å². The monoisotopic (exact) mass is 439 g/mol. The average molecular weight is 440 g/mol. The first-order valence-electron chi connectivity index (χ1n) is 11.5. The highest BCUT2D eigenvalue weighted by molar-refractivity contribution is 5.75. The first-order chi connectivity index (χ1) is 15.3. The molecule has 1 aliphatic rings. The molecule has 0 aliphatic carbocycles. The SMILES string of the molecule is CCC(=O)N(CC[C@@]1(c2ccccc2)CCOC(C)(C)C1)Cc1ccc(OC)c(OC)c1. The highest BCUT2D eigenvalue weighted by atomic mass is 16.5. The third kappa shape index (κ3) is 5.63. The van der Waals surface area contributed by atoms with Crippen LogP contribution < -0.4 is 9.47 Å². The predicted molar refractivity (Wildman–Crippen MR) is 127 cm³/mol. The Kier molecular flexibility index (Phi) is 7.83. The lowest BCUT2D eigenvalue weighted by molar-refractivity contribution is -0.132. The van der Waals surface area contributed by atoms with Gasteiger partial charge in [0.15, 0.2) is 11.5 Å². The Morgan fingerprint density at radius 1 is 1.06 bits per heavy atom. The zero-order chi connectivity index (χ0) is 23.2. The van der Waals surface area contributed by atoms with Crippen molar-refractivity contribution in [1.29, 1.82) is 0 Å². The summed E-state index contributed by atoms with van der Waals surface area (Å²) in [5, 5.41) is 0. The Balaban J connectivity index is 1.83. The van der Waals surface area contributed by atoms with Crippen molar-refractivity contribution in [3.05, 3.63) is 59.7 Å². The van der Waals surface area contributed by atoms with Crippen LogP contribution in [0, 0.1) is 0 Å². The lowest BCUT2D eigenvalue weighted by Crippen LogP contribution is -2.46. The van der Waals surface area contributed by atoms with E-state index in [0.29, 0.717) is 31.0 Å². The normalized spacial score (nSPS) is 19.9. The van der Waals surface area contributed by atoms with Gasteiger partial charge in [0.25, 0.3) is 0 Å². The van der Waals surface area contributed by atoms with E-state index in [0.717, 1.165) is 31.4 Å². The van der Waals surface area contributed by atoms with E-state index in [9.17, 15) is 4.79 Å². The molecule has 1 heterocycles. The van der Waals surface area contributed by atoms with Gasteiger partial charge in [0.1, 0.15) is 0 Å². The first kappa shape index (κ1) is 24.1. The molecule has 1 fully saturated rings. The fourth-order valence-electron chi connectivity index (χ4n) is 4.94. The Bertz CT molecular complexity index is 896. The second-order valence-electron chi connectivity index (χ2n) is 9.29. The van der Waals surface area contributed by atoms with E-state index in [4.69, 9.17) is 14.2 Å². The minimum atomic E-state index is -0.183. The van der Waals surface area contributed by atoms with Crippen LogP contribution in [0.15, 0.2) is 48.5 Å². The van der Waals surface area contributed by atoms with Gasteiger partial charge in [-0.05, 0) is 56.4 Å². The molecule has 1 atom stereocenters. The van der Waals surface area contributed by atoms with Gasteiger partial charge < -0.3 is 19.1 Å². The standard InChI is InChI=1S/C27H37NO4/c1-6-25(29)28(19-21-12-13-23(30-4)24(18-21)31-5)16-14-27(22-10-8-7-9-11-22)15-17-32-26(2,3)20-27/h7-13,18H,6,14-17,19-20H2,1-5H3/t27-/m1/s1. The summed E-state index contributed by atoms with van der Waals surface area (Å²) in [5.74, 6) is 1.53. The predicted octanol–water partition coefficient (Wildman–Crippen LogP) is 5.36. The van der Waals surface area contributed by atoms with Crippen LogP contribution in [0.5, 0.6) is 11.5 Å². The Morgan fingerprint density at radius 2 is 1.78 bits per heavy atom. The summed E-state index contributed by atoms with van der Waals surface area (Å²) in [6.45, 7) is 8.25. The molecule has 0 N–H and O–H groups in total. The summed E-state index contributed by atoms with van der Waals surface area (Å²) in [6.07, 6.45) is 3.29. The molecule has 5 heteroatoms. The number of hydrogen-bond donors (Lipinski definition) is 0. The zero-order valence-corrected chi connectivity index (χ0v) is 20.1. The van der Waals surface area contributed by atoms with E-state index in [1.807, 2.05) is 30.0 Å². The van der Waals surface area contributed by atoms with Gasteiger partial charge in [0, 0.05) is 31.5 Å². The maximum atomic E-state index is 12.9. The highest BCUT2D eigenvalue weighted by Crippen LogP contribution is 2.44. The molecule has 0 saturated carbocycles. The number of benzene rings is 2. The van der Waals surface area contributed by atoms with Crippen molar-refractivity contribution in [2.75, 3.05) is 27.4 Å². The molecule has 0 unspecified atom stereocenters. The number of methoxy groups -OCH3 is 2. The molecule has 2 aromatic carbocycles. The molecule has 0 bridgehead atoms. The summed E-state index contributed by atoms with van der Waals surface area (Å²) < 4.78 is 16.9. The molecule has 174 valence electrons. The van der Waals surface area contributed by atoms with Crippen molar-refractivity contribution in [1.82, 2.24) is 4.90 Å². The van der Waals surface area contributed by atoms with Crippen molar-refractivity contribution in [2.24, 2.45) is 0 Å². The largest absolute Gasteiger partial charge is 0.493 e. The lowest BCUT2D eigenvalue weighted by atomic mass is 9.67. The van der Waals surface area contributed by atoms with Gasteiger partial charge in [0.2, 0.25) is 5.91 Å². The highest BCUT2D eigenvalue weighted by Gasteiger charge is 2.42. The molecule has 3 rings (SSSR count). The Hall–Kier alpha value is -2.53. The smallest absolute Gasteiger partial charge is 0.222 e. The third-order valence-corrected chi connectivity index (χ3v) is 6.56. The minimum Gasteiger partial charge on any atom is -0.493 e. The van der Waals surface area contributed by atoms with Crippen LogP contribution in [0.25, 0.3) is 0 Å². The molecule has 2 aromatic rings. The van der Waals surface area contributed by atoms with Gasteiger partial charge in [-0.25, -0.2) is 0 Å². The molecular weight excluding hydrogens is 402 g/mol. The number of hydrogen-bond acceptors (Lipinski definition) is 4. The van der Waals surface area contributed by atoms with Gasteiger partial charge >= 0.3 is 0 Å². The van der Waals surface area contributed by atoms with E-state index in [2.05, 4.69) is 44.2 Å². The van der Waals surface area contributed by atoms with Crippen LogP contribution in [0.1, 0.15) is 57.6 Å². The lowest BCUT2D eigenvalue weighted by Gasteiger charge is -2.46. The van der Waals surface area contributed by atoms with Crippen molar-refractivity contribution < 1.29 is 19.0 Å². The second kappa shape index (κ2) is 10.4. The molecule has 0 aromatic heterocycles. The summed E-state index contributed by atoms with van der Waals surface area (Å²) in [4.78, 5) is 14.9. The van der Waals surface area contributed by atoms with Crippen molar-refractivity contribution in [2.45, 2.75) is 64.0 Å². The maximum Gasteiger partial charge on any atom is 0.222 e. The zero-order valence-electron chi connectivity index (χ0n) is 20.1. The Labute approximate surface area is 192 Å². The van der Waals surface area contributed by atoms with E-state index in [1.165, 1.54) is 5.56 Å². The number of ether oxygens (including phenoxy) is 3. The molecule has 1 amide bonds. The van der Waals surface area contributed by atoms with Crippen molar-refractivity contribution in [3.8, 4) is 11.5 Å². The molecule has 0 spiro atoms. The second-order valence-corrected chi connectivity index (χ2v) is 9.29. The number of carbonyl (C=O) groups is 1. The topological polar surface area (TPSA) is 48.0 Å². The average Bonchev–Trinajstić information content (AvgIpc) is 2.81. The van der Waals surface area contributed by atoms with Gasteiger partial charge in [0.05, 0.1) is 19.8 Å². The van der Waals surface area contributed by atoms with E-state index in [1.54, 1.807) is 14.2 Å². The summed E-state index contributed by atoms with van der Waals surface area (Å²) in [7, 11) is 3.26. The van der Waals surface area contributed by atoms with Gasteiger partial charge in [-0.15, -0.1) is 0 Å². The molecule has 5 nitrogen and oxygen atoms in total. The van der Waals surface area contributed by atoms with Crippen molar-refractivity contribution >= 4 is 5.91 Å². The number of carbonyl (C=O) groups excluding carboxylic acids is 1. The fourth-order valence-corrected chi connectivity index (χ4v) is 4.94. The molecule has 1 saturated heterocycles. The van der Waals surface area contributed by atoms with Gasteiger partial charge in [-0.1, -0.05) is 43.3 Å². The maximum absolute atomic E-state index is 12.9. The number of amides is 1. The third-order valence-electron chi connectivity index (χ3n) is 6.56. The first-order valence-corrected chi connectivity index (χ1v) is 11.5. The summed E-state index contributed by atoms with van der Waals surface area (Å²) >= 11 is 0. The fraction of sp³-hybridized carbons (Fsp3) is 0.519. The van der Waals surface area contributed by atoms with Crippen LogP contribution in [0.3, 0.4) is 0 Å². The number of nitrogens with zero attached hydrogens (tertiary/aromatic N) is 1. The van der Waals surface area contributed by atoms with Crippen LogP contribution in [0.4, 0.5) is 0 Å². The molecular formula is C27H37NO4. The Morgan fingerprint density at radius 3 is 2.41 bits per heavy atom. The molecule has 32 heavy (non-hydrogen) atoms. The van der Waals surface area contributed by atoms with E-state index < -0.39 is 0 Å². The quantitative estimate of drug-likeness (QED) is 0.528. The van der Waals surface area contributed by atoms with Gasteiger partial charge in [-0.3, -0.25) is 4.79 Å². The van der Waals surface area contributed by atoms with Crippen LogP contribution in [0.2, 0.25) is 0 Å². The van der Waals surface area contributed by atoms with Crippen LogP contribution >= 0.6 is 0 Å². The minimum absolute atomic E-state index is 0.00706. The van der Waals surface area contributed by atoms with E-state index in [-0.39, 0.29) is 16.9 Å². The van der Waals surface area contributed by atoms with Crippen LogP contribution in [-0.4, -0.2) is 43.8 Å². The summed E-state index contributed by atoms with van der Waals surface area (Å²) in [5.41, 5.74) is 2.18. The van der Waals surface area contributed by atoms with Gasteiger partial charge in [-0.2, -0.15) is 0 Å². The molecule has 1 aliphatic heterocycles. The number of rotatable bonds is 9. The van der Waals surface area contributed by atoms with E-state index >= 15 is 0 Å². The molecule has 0 radical (unpaired) electrons.